The minimum absolute atomic E-state index is 0.141. The Labute approximate surface area is 137 Å². The van der Waals surface area contributed by atoms with Gasteiger partial charge < -0.3 is 14.9 Å². The van der Waals surface area contributed by atoms with Crippen molar-refractivity contribution >= 4 is 16.8 Å². The van der Waals surface area contributed by atoms with Crippen molar-refractivity contribution in [2.24, 2.45) is 0 Å². The van der Waals surface area contributed by atoms with E-state index in [-0.39, 0.29) is 12.1 Å². The number of nitrogens with zero attached hydrogens (tertiary/aromatic N) is 2. The fourth-order valence-electron chi connectivity index (χ4n) is 2.62. The number of pyridine rings is 1. The minimum Gasteiger partial charge on any atom is -0.345 e. The lowest BCUT2D eigenvalue weighted by Gasteiger charge is -2.09. The van der Waals surface area contributed by atoms with Crippen molar-refractivity contribution in [2.45, 2.75) is 26.4 Å². The topological polar surface area (TPSA) is 79.8 Å². The third kappa shape index (κ3) is 3.19. The molecule has 2 N–H and O–H groups in total. The lowest BCUT2D eigenvalue weighted by molar-refractivity contribution is 0.0951. The van der Waals surface area contributed by atoms with E-state index in [2.05, 4.69) is 22.2 Å². The molecule has 2 aromatic heterocycles. The lowest BCUT2D eigenvalue weighted by atomic mass is 10.1. The SMILES string of the molecule is CCCn1ccnc1CNC(=O)c1cc(=O)[nH]c2ccc(F)cc12. The molecule has 0 aliphatic carbocycles. The van der Waals surface area contributed by atoms with E-state index in [4.69, 9.17) is 0 Å². The second kappa shape index (κ2) is 6.66. The number of fused-ring (bicyclic) bond motifs is 1. The minimum atomic E-state index is -0.470. The van der Waals surface area contributed by atoms with Gasteiger partial charge in [0.1, 0.15) is 11.6 Å². The highest BCUT2D eigenvalue weighted by atomic mass is 19.1. The summed E-state index contributed by atoms with van der Waals surface area (Å²) in [7, 11) is 0. The Morgan fingerprint density at radius 1 is 1.38 bits per heavy atom. The molecule has 0 unspecified atom stereocenters. The number of aryl methyl sites for hydroxylation is 1. The molecular weight excluding hydrogens is 311 g/mol. The van der Waals surface area contributed by atoms with Crippen LogP contribution in [-0.2, 0) is 13.1 Å². The zero-order chi connectivity index (χ0) is 17.1. The van der Waals surface area contributed by atoms with Crippen LogP contribution in [0.1, 0.15) is 29.5 Å². The van der Waals surface area contributed by atoms with Gasteiger partial charge in [0.15, 0.2) is 0 Å². The van der Waals surface area contributed by atoms with Crippen molar-refractivity contribution in [2.75, 3.05) is 0 Å². The molecule has 0 spiro atoms. The van der Waals surface area contributed by atoms with Crippen molar-refractivity contribution < 1.29 is 9.18 Å². The van der Waals surface area contributed by atoms with E-state index in [0.717, 1.165) is 18.8 Å². The van der Waals surface area contributed by atoms with E-state index >= 15 is 0 Å². The number of benzene rings is 1. The van der Waals surface area contributed by atoms with Crippen LogP contribution in [0.3, 0.4) is 0 Å². The molecule has 24 heavy (non-hydrogen) atoms. The Bertz CT molecular complexity index is 945. The molecule has 2 heterocycles. The van der Waals surface area contributed by atoms with Crippen LogP contribution < -0.4 is 10.9 Å². The van der Waals surface area contributed by atoms with Crippen molar-refractivity contribution in [3.63, 3.8) is 0 Å². The van der Waals surface area contributed by atoms with Gasteiger partial charge in [-0.2, -0.15) is 0 Å². The molecule has 3 aromatic rings. The number of rotatable bonds is 5. The predicted molar refractivity (Wildman–Crippen MR) is 88.2 cm³/mol. The first kappa shape index (κ1) is 15.9. The number of H-pyrrole nitrogens is 1. The van der Waals surface area contributed by atoms with Crippen molar-refractivity contribution in [1.29, 1.82) is 0 Å². The molecule has 0 bridgehead atoms. The Morgan fingerprint density at radius 3 is 3.00 bits per heavy atom. The number of hydrogen-bond donors (Lipinski definition) is 2. The third-order valence-corrected chi connectivity index (χ3v) is 3.72. The van der Waals surface area contributed by atoms with E-state index in [1.807, 2.05) is 10.8 Å². The molecule has 0 saturated heterocycles. The largest absolute Gasteiger partial charge is 0.345 e. The average molecular weight is 328 g/mol. The first-order valence-electron chi connectivity index (χ1n) is 7.69. The van der Waals surface area contributed by atoms with Crippen LogP contribution in [0, 0.1) is 5.82 Å². The van der Waals surface area contributed by atoms with Crippen molar-refractivity contribution in [3.8, 4) is 0 Å². The maximum Gasteiger partial charge on any atom is 0.252 e. The van der Waals surface area contributed by atoms with Gasteiger partial charge in [0, 0.05) is 35.9 Å². The zero-order valence-electron chi connectivity index (χ0n) is 13.2. The van der Waals surface area contributed by atoms with E-state index < -0.39 is 17.3 Å². The summed E-state index contributed by atoms with van der Waals surface area (Å²) in [5.74, 6) is -0.185. The van der Waals surface area contributed by atoms with Gasteiger partial charge in [-0.3, -0.25) is 9.59 Å². The summed E-state index contributed by atoms with van der Waals surface area (Å²) in [6.45, 7) is 3.10. The van der Waals surface area contributed by atoms with Crippen molar-refractivity contribution in [1.82, 2.24) is 19.9 Å². The molecule has 0 fully saturated rings. The Balaban J connectivity index is 1.87. The van der Waals surface area contributed by atoms with Crippen LogP contribution >= 0.6 is 0 Å². The highest BCUT2D eigenvalue weighted by Gasteiger charge is 2.13. The zero-order valence-corrected chi connectivity index (χ0v) is 13.2. The highest BCUT2D eigenvalue weighted by molar-refractivity contribution is 6.05. The number of carbonyl (C=O) groups excluding carboxylic acids is 1. The summed E-state index contributed by atoms with van der Waals surface area (Å²) in [5, 5.41) is 3.11. The molecule has 6 nitrogen and oxygen atoms in total. The van der Waals surface area contributed by atoms with Crippen LogP contribution in [-0.4, -0.2) is 20.4 Å². The number of halogens is 1. The van der Waals surface area contributed by atoms with Crippen LogP contribution in [0.4, 0.5) is 4.39 Å². The predicted octanol–water partition coefficient (Wildman–Crippen LogP) is 2.20. The average Bonchev–Trinajstić information content (AvgIpc) is 3.00. The summed E-state index contributed by atoms with van der Waals surface area (Å²) < 4.78 is 15.4. The van der Waals surface area contributed by atoms with Gasteiger partial charge in [-0.1, -0.05) is 6.92 Å². The molecule has 3 rings (SSSR count). The van der Waals surface area contributed by atoms with Gasteiger partial charge in [0.25, 0.3) is 5.91 Å². The second-order valence-corrected chi connectivity index (χ2v) is 5.46. The molecule has 1 amide bonds. The molecule has 124 valence electrons. The number of aromatic nitrogens is 3. The van der Waals surface area contributed by atoms with E-state index in [1.165, 1.54) is 24.3 Å². The molecule has 0 aliphatic heterocycles. The van der Waals surface area contributed by atoms with Gasteiger partial charge in [-0.05, 0) is 24.6 Å². The van der Waals surface area contributed by atoms with E-state index in [9.17, 15) is 14.0 Å². The highest BCUT2D eigenvalue weighted by Crippen LogP contribution is 2.16. The maximum atomic E-state index is 13.5. The molecule has 0 atom stereocenters. The summed E-state index contributed by atoms with van der Waals surface area (Å²) >= 11 is 0. The van der Waals surface area contributed by atoms with Crippen molar-refractivity contribution in [3.05, 3.63) is 64.2 Å². The third-order valence-electron chi connectivity index (χ3n) is 3.72. The monoisotopic (exact) mass is 328 g/mol. The maximum absolute atomic E-state index is 13.5. The Hall–Kier alpha value is -2.96. The van der Waals surface area contributed by atoms with Gasteiger partial charge in [0.2, 0.25) is 5.56 Å². The van der Waals surface area contributed by atoms with Gasteiger partial charge in [-0.25, -0.2) is 9.37 Å². The summed E-state index contributed by atoms with van der Waals surface area (Å²) in [6, 6.07) is 5.09. The summed E-state index contributed by atoms with van der Waals surface area (Å²) in [4.78, 5) is 31.0. The summed E-state index contributed by atoms with van der Waals surface area (Å²) in [6.07, 6.45) is 4.48. The van der Waals surface area contributed by atoms with E-state index in [1.54, 1.807) is 6.20 Å². The van der Waals surface area contributed by atoms with Crippen LogP contribution in [0.25, 0.3) is 10.9 Å². The number of carbonyl (C=O) groups is 1. The number of amides is 1. The van der Waals surface area contributed by atoms with Crippen LogP contribution in [0.5, 0.6) is 0 Å². The number of nitrogens with one attached hydrogen (secondary N) is 2. The number of hydrogen-bond acceptors (Lipinski definition) is 3. The molecule has 0 saturated carbocycles. The normalized spacial score (nSPS) is 10.9. The number of imidazole rings is 1. The lowest BCUT2D eigenvalue weighted by Crippen LogP contribution is -2.26. The van der Waals surface area contributed by atoms with Gasteiger partial charge >= 0.3 is 0 Å². The molecule has 0 radical (unpaired) electrons. The first-order valence-corrected chi connectivity index (χ1v) is 7.69. The standard InChI is InChI=1S/C17H17FN4O2/c1-2-6-22-7-5-19-15(22)10-20-17(24)13-9-16(23)21-14-4-3-11(18)8-12(13)14/h3-5,7-9H,2,6,10H2,1H3,(H,20,24)(H,21,23). The van der Waals surface area contributed by atoms with Gasteiger partial charge in [0.05, 0.1) is 12.1 Å². The molecule has 1 aromatic carbocycles. The van der Waals surface area contributed by atoms with Crippen LogP contribution in [0.15, 0.2) is 41.5 Å². The Morgan fingerprint density at radius 2 is 2.21 bits per heavy atom. The summed E-state index contributed by atoms with van der Waals surface area (Å²) in [5.41, 5.74) is 0.148. The number of aromatic amines is 1. The van der Waals surface area contributed by atoms with Crippen LogP contribution in [0.2, 0.25) is 0 Å². The second-order valence-electron chi connectivity index (χ2n) is 5.46. The quantitative estimate of drug-likeness (QED) is 0.753. The fourth-order valence-corrected chi connectivity index (χ4v) is 2.62. The first-order chi connectivity index (χ1) is 11.6. The molecular formula is C17H17FN4O2. The molecule has 0 aliphatic rings. The van der Waals surface area contributed by atoms with E-state index in [0.29, 0.717) is 10.9 Å². The smallest absolute Gasteiger partial charge is 0.252 e. The Kier molecular flexibility index (Phi) is 4.41. The van der Waals surface area contributed by atoms with Gasteiger partial charge in [-0.15, -0.1) is 0 Å². The fraction of sp³-hybridized carbons (Fsp3) is 0.235. The molecule has 7 heteroatoms.